The summed E-state index contributed by atoms with van der Waals surface area (Å²) in [6, 6.07) is 0. The molecule has 0 aliphatic carbocycles. The van der Waals surface area contributed by atoms with Crippen LogP contribution in [-0.4, -0.2) is 55.6 Å². The van der Waals surface area contributed by atoms with Crippen LogP contribution >= 0.6 is 11.8 Å². The van der Waals surface area contributed by atoms with Crippen LogP contribution in [0.3, 0.4) is 0 Å². The molecule has 0 aromatic carbocycles. The Bertz CT molecular complexity index is 276. The molecular weight excluding hydrogens is 248 g/mol. The number of aliphatic hydroxyl groups excluding tert-OH is 1. The van der Waals surface area contributed by atoms with Gasteiger partial charge in [-0.1, -0.05) is 0 Å². The maximum Gasteiger partial charge on any atom is 0.279 e. The molecule has 16 heavy (non-hydrogen) atoms. The van der Waals surface area contributed by atoms with Gasteiger partial charge in [-0.25, -0.2) is 4.72 Å². The molecule has 1 fully saturated rings. The minimum absolute atomic E-state index is 0.201. The highest BCUT2D eigenvalue weighted by Crippen LogP contribution is 2.11. The van der Waals surface area contributed by atoms with Crippen molar-refractivity contribution in [1.29, 1.82) is 0 Å². The topological polar surface area (TPSA) is 69.6 Å². The van der Waals surface area contributed by atoms with Crippen molar-refractivity contribution in [3.05, 3.63) is 0 Å². The van der Waals surface area contributed by atoms with E-state index < -0.39 is 10.2 Å². The van der Waals surface area contributed by atoms with Crippen molar-refractivity contribution in [2.75, 3.05) is 37.7 Å². The van der Waals surface area contributed by atoms with E-state index in [0.717, 1.165) is 30.8 Å². The first-order valence-electron chi connectivity index (χ1n) is 5.60. The molecule has 0 bridgehead atoms. The Morgan fingerprint density at radius 2 is 1.94 bits per heavy atom. The summed E-state index contributed by atoms with van der Waals surface area (Å²) >= 11 is 1.66. The SMILES string of the molecule is O=S(=O)(NCCSCCCO)N1CCCC1. The smallest absolute Gasteiger partial charge is 0.279 e. The van der Waals surface area contributed by atoms with Crippen molar-refractivity contribution in [3.8, 4) is 0 Å². The van der Waals surface area contributed by atoms with Gasteiger partial charge < -0.3 is 5.11 Å². The Morgan fingerprint density at radius 1 is 1.25 bits per heavy atom. The van der Waals surface area contributed by atoms with E-state index in [1.807, 2.05) is 0 Å². The van der Waals surface area contributed by atoms with Gasteiger partial charge in [0.25, 0.3) is 10.2 Å². The Hall–Kier alpha value is 0.180. The fourth-order valence-corrected chi connectivity index (χ4v) is 3.73. The molecular formula is C9H20N2O3S2. The van der Waals surface area contributed by atoms with Gasteiger partial charge >= 0.3 is 0 Å². The number of rotatable bonds is 8. The molecule has 0 aromatic heterocycles. The molecule has 5 nitrogen and oxygen atoms in total. The summed E-state index contributed by atoms with van der Waals surface area (Å²) in [5.74, 6) is 1.63. The summed E-state index contributed by atoms with van der Waals surface area (Å²) in [5.41, 5.74) is 0. The molecule has 2 N–H and O–H groups in total. The molecule has 1 rings (SSSR count). The number of thioether (sulfide) groups is 1. The summed E-state index contributed by atoms with van der Waals surface area (Å²) in [7, 11) is -3.23. The first-order valence-corrected chi connectivity index (χ1v) is 8.19. The molecule has 0 saturated carbocycles. The van der Waals surface area contributed by atoms with Crippen molar-refractivity contribution in [1.82, 2.24) is 9.03 Å². The Labute approximate surface area is 102 Å². The second-order valence-corrected chi connectivity index (χ2v) is 6.68. The molecule has 1 heterocycles. The average molecular weight is 268 g/mol. The molecule has 7 heteroatoms. The molecule has 0 amide bonds. The highest BCUT2D eigenvalue weighted by molar-refractivity contribution is 7.99. The van der Waals surface area contributed by atoms with Gasteiger partial charge in [0.05, 0.1) is 0 Å². The Morgan fingerprint density at radius 3 is 2.56 bits per heavy atom. The van der Waals surface area contributed by atoms with Gasteiger partial charge in [0, 0.05) is 32.0 Å². The van der Waals surface area contributed by atoms with Gasteiger partial charge in [0.15, 0.2) is 0 Å². The van der Waals surface area contributed by atoms with Crippen LogP contribution in [-0.2, 0) is 10.2 Å². The van der Waals surface area contributed by atoms with Gasteiger partial charge in [-0.2, -0.15) is 24.5 Å². The second kappa shape index (κ2) is 7.50. The van der Waals surface area contributed by atoms with Crippen LogP contribution in [0.1, 0.15) is 19.3 Å². The van der Waals surface area contributed by atoms with Crippen molar-refractivity contribution in [2.45, 2.75) is 19.3 Å². The fourth-order valence-electron chi connectivity index (χ4n) is 1.53. The second-order valence-electron chi connectivity index (χ2n) is 3.70. The van der Waals surface area contributed by atoms with Gasteiger partial charge in [-0.15, -0.1) is 0 Å². The molecule has 0 aromatic rings. The standard InChI is InChI=1S/C9H20N2O3S2/c12-7-3-8-15-9-4-10-16(13,14)11-5-1-2-6-11/h10,12H,1-9H2. The van der Waals surface area contributed by atoms with Crippen molar-refractivity contribution < 1.29 is 13.5 Å². The highest BCUT2D eigenvalue weighted by Gasteiger charge is 2.24. The van der Waals surface area contributed by atoms with Crippen LogP contribution in [0.4, 0.5) is 0 Å². The molecule has 1 aliphatic rings. The first kappa shape index (κ1) is 14.2. The zero-order chi connectivity index (χ0) is 11.9. The van der Waals surface area contributed by atoms with E-state index >= 15 is 0 Å². The minimum Gasteiger partial charge on any atom is -0.396 e. The van der Waals surface area contributed by atoms with E-state index in [0.29, 0.717) is 19.6 Å². The van der Waals surface area contributed by atoms with E-state index in [2.05, 4.69) is 4.72 Å². The third-order valence-electron chi connectivity index (χ3n) is 2.38. The van der Waals surface area contributed by atoms with Gasteiger partial charge in [-0.3, -0.25) is 0 Å². The van der Waals surface area contributed by atoms with Crippen LogP contribution in [0.5, 0.6) is 0 Å². The summed E-state index contributed by atoms with van der Waals surface area (Å²) in [6.45, 7) is 1.96. The van der Waals surface area contributed by atoms with Crippen molar-refractivity contribution >= 4 is 22.0 Å². The zero-order valence-electron chi connectivity index (χ0n) is 9.39. The number of aliphatic hydroxyl groups is 1. The fraction of sp³-hybridized carbons (Fsp3) is 1.00. The van der Waals surface area contributed by atoms with Gasteiger partial charge in [-0.05, 0) is 25.0 Å². The lowest BCUT2D eigenvalue weighted by molar-refractivity contribution is 0.296. The van der Waals surface area contributed by atoms with Crippen molar-refractivity contribution in [3.63, 3.8) is 0 Å². The third kappa shape index (κ3) is 5.01. The normalized spacial score (nSPS) is 18.1. The molecule has 1 saturated heterocycles. The predicted molar refractivity (Wildman–Crippen MR) is 66.8 cm³/mol. The molecule has 1 aliphatic heterocycles. The van der Waals surface area contributed by atoms with Gasteiger partial charge in [0.1, 0.15) is 0 Å². The average Bonchev–Trinajstić information content (AvgIpc) is 2.77. The van der Waals surface area contributed by atoms with Crippen LogP contribution in [0, 0.1) is 0 Å². The minimum atomic E-state index is -3.23. The molecule has 0 atom stereocenters. The lowest BCUT2D eigenvalue weighted by Crippen LogP contribution is -2.39. The molecule has 0 unspecified atom stereocenters. The van der Waals surface area contributed by atoms with E-state index in [1.165, 1.54) is 4.31 Å². The zero-order valence-corrected chi connectivity index (χ0v) is 11.0. The summed E-state index contributed by atoms with van der Waals surface area (Å²) in [4.78, 5) is 0. The quantitative estimate of drug-likeness (QED) is 0.610. The largest absolute Gasteiger partial charge is 0.396 e. The lowest BCUT2D eigenvalue weighted by atomic mass is 10.4. The van der Waals surface area contributed by atoms with Crippen LogP contribution in [0.15, 0.2) is 0 Å². The number of nitrogens with zero attached hydrogens (tertiary/aromatic N) is 1. The lowest BCUT2D eigenvalue weighted by Gasteiger charge is -2.15. The van der Waals surface area contributed by atoms with E-state index in [4.69, 9.17) is 5.11 Å². The number of hydrogen-bond acceptors (Lipinski definition) is 4. The third-order valence-corrected chi connectivity index (χ3v) is 5.07. The maximum absolute atomic E-state index is 11.7. The number of hydrogen-bond donors (Lipinski definition) is 2. The summed E-state index contributed by atoms with van der Waals surface area (Å²) in [6.07, 6.45) is 2.70. The van der Waals surface area contributed by atoms with E-state index in [-0.39, 0.29) is 6.61 Å². The summed E-state index contributed by atoms with van der Waals surface area (Å²) in [5, 5.41) is 8.56. The highest BCUT2D eigenvalue weighted by atomic mass is 32.2. The monoisotopic (exact) mass is 268 g/mol. The summed E-state index contributed by atoms with van der Waals surface area (Å²) < 4.78 is 27.5. The van der Waals surface area contributed by atoms with Crippen LogP contribution in [0.25, 0.3) is 0 Å². The maximum atomic E-state index is 11.7. The van der Waals surface area contributed by atoms with Crippen LogP contribution in [0.2, 0.25) is 0 Å². The van der Waals surface area contributed by atoms with Crippen LogP contribution < -0.4 is 4.72 Å². The van der Waals surface area contributed by atoms with E-state index in [1.54, 1.807) is 11.8 Å². The predicted octanol–water partition coefficient (Wildman–Crippen LogP) is 0.0322. The van der Waals surface area contributed by atoms with Crippen molar-refractivity contribution in [2.24, 2.45) is 0 Å². The van der Waals surface area contributed by atoms with Gasteiger partial charge in [0.2, 0.25) is 0 Å². The Kier molecular flexibility index (Phi) is 6.67. The first-order chi connectivity index (χ1) is 7.67. The Balaban J connectivity index is 2.11. The van der Waals surface area contributed by atoms with E-state index in [9.17, 15) is 8.42 Å². The number of nitrogens with one attached hydrogen (secondary N) is 1. The molecule has 96 valence electrons. The molecule has 0 radical (unpaired) electrons. The molecule has 0 spiro atoms.